The van der Waals surface area contributed by atoms with E-state index in [1.54, 1.807) is 0 Å². The van der Waals surface area contributed by atoms with Crippen molar-refractivity contribution >= 4 is 0 Å². The van der Waals surface area contributed by atoms with Gasteiger partial charge in [-0.15, -0.1) is 5.10 Å². The van der Waals surface area contributed by atoms with E-state index in [-0.39, 0.29) is 18.7 Å². The third-order valence-electron chi connectivity index (χ3n) is 2.43. The highest BCUT2D eigenvalue weighted by molar-refractivity contribution is 5.29. The summed E-state index contributed by atoms with van der Waals surface area (Å²) in [6.07, 6.45) is -4.40. The first-order chi connectivity index (χ1) is 8.52. The fraction of sp³-hybridized carbons (Fsp3) is 0.300. The van der Waals surface area contributed by atoms with E-state index in [0.717, 1.165) is 6.07 Å². The second-order valence-electron chi connectivity index (χ2n) is 3.61. The van der Waals surface area contributed by atoms with Gasteiger partial charge in [-0.3, -0.25) is 0 Å². The highest BCUT2D eigenvalue weighted by Gasteiger charge is 2.33. The Morgan fingerprint density at radius 3 is 2.61 bits per heavy atom. The quantitative estimate of drug-likeness (QED) is 0.897. The molecule has 18 heavy (non-hydrogen) atoms. The van der Waals surface area contributed by atoms with Gasteiger partial charge < -0.3 is 5.73 Å². The summed E-state index contributed by atoms with van der Waals surface area (Å²) in [6, 6.07) is 5.30. The Morgan fingerprint density at radius 2 is 1.94 bits per heavy atom. The van der Waals surface area contributed by atoms with Crippen LogP contribution in [0.25, 0.3) is 0 Å². The number of hydrogen-bond acceptors (Lipinski definition) is 4. The number of hydrogen-bond donors (Lipinski definition) is 1. The van der Waals surface area contributed by atoms with Crippen molar-refractivity contribution in [3.63, 3.8) is 0 Å². The van der Waals surface area contributed by atoms with Crippen molar-refractivity contribution in [2.24, 2.45) is 5.73 Å². The Bertz CT molecular complexity index is 534. The molecule has 1 heterocycles. The van der Waals surface area contributed by atoms with Gasteiger partial charge in [0, 0.05) is 0 Å². The third-order valence-corrected chi connectivity index (χ3v) is 2.43. The summed E-state index contributed by atoms with van der Waals surface area (Å²) in [7, 11) is 0. The molecule has 0 fully saturated rings. The summed E-state index contributed by atoms with van der Waals surface area (Å²) < 4.78 is 39.6. The number of benzene rings is 1. The summed E-state index contributed by atoms with van der Waals surface area (Å²) in [6.45, 7) is 0.0103. The Hall–Kier alpha value is -1.96. The number of nitrogens with zero attached hydrogens (tertiary/aromatic N) is 4. The molecule has 1 aromatic heterocycles. The van der Waals surface area contributed by atoms with Crippen LogP contribution in [-0.4, -0.2) is 20.2 Å². The maximum Gasteiger partial charge on any atom is 0.416 e. The Balaban J connectivity index is 2.35. The number of rotatable bonds is 3. The normalized spacial score (nSPS) is 11.8. The maximum absolute atomic E-state index is 12.8. The minimum atomic E-state index is -4.40. The van der Waals surface area contributed by atoms with Gasteiger partial charge in [0.2, 0.25) is 0 Å². The molecule has 1 aromatic carbocycles. The molecular weight excluding hydrogens is 247 g/mol. The number of tetrazole rings is 1. The zero-order valence-corrected chi connectivity index (χ0v) is 9.22. The van der Waals surface area contributed by atoms with E-state index in [2.05, 4.69) is 15.5 Å². The molecule has 0 aliphatic carbocycles. The van der Waals surface area contributed by atoms with Crippen LogP contribution in [-0.2, 0) is 19.3 Å². The number of alkyl halides is 3. The van der Waals surface area contributed by atoms with E-state index in [4.69, 9.17) is 5.73 Å². The van der Waals surface area contributed by atoms with Crippen LogP contribution in [0.3, 0.4) is 0 Å². The molecular formula is C10H10F3N5. The van der Waals surface area contributed by atoms with E-state index in [9.17, 15) is 13.2 Å². The first-order valence-electron chi connectivity index (χ1n) is 5.12. The fourth-order valence-corrected chi connectivity index (χ4v) is 1.59. The van der Waals surface area contributed by atoms with Crippen LogP contribution >= 0.6 is 0 Å². The molecule has 0 aliphatic heterocycles. The summed E-state index contributed by atoms with van der Waals surface area (Å²) >= 11 is 0. The topological polar surface area (TPSA) is 69.6 Å². The zero-order chi connectivity index (χ0) is 13.2. The molecule has 96 valence electrons. The molecule has 2 rings (SSSR count). The molecule has 0 spiro atoms. The van der Waals surface area contributed by atoms with Gasteiger partial charge in [-0.1, -0.05) is 18.2 Å². The van der Waals surface area contributed by atoms with Gasteiger partial charge in [0.25, 0.3) is 0 Å². The Kier molecular flexibility index (Phi) is 3.28. The van der Waals surface area contributed by atoms with Gasteiger partial charge >= 0.3 is 6.18 Å². The fourth-order valence-electron chi connectivity index (χ4n) is 1.59. The van der Waals surface area contributed by atoms with Crippen LogP contribution in [0.5, 0.6) is 0 Å². The highest BCUT2D eigenvalue weighted by atomic mass is 19.4. The van der Waals surface area contributed by atoms with Crippen molar-refractivity contribution in [3.8, 4) is 0 Å². The Labute approximate surface area is 100 Å². The largest absolute Gasteiger partial charge is 0.416 e. The standard InChI is InChI=1S/C10H10F3N5/c11-10(12,13)8-4-2-1-3-7(8)6-18-9(5-14)15-16-17-18/h1-4H,5-6,14H2. The van der Waals surface area contributed by atoms with Gasteiger partial charge in [-0.05, 0) is 22.1 Å². The van der Waals surface area contributed by atoms with E-state index in [1.807, 2.05) is 0 Å². The number of aromatic nitrogens is 4. The second kappa shape index (κ2) is 4.73. The van der Waals surface area contributed by atoms with E-state index in [1.165, 1.54) is 22.9 Å². The monoisotopic (exact) mass is 257 g/mol. The molecule has 0 atom stereocenters. The first-order valence-corrected chi connectivity index (χ1v) is 5.12. The smallest absolute Gasteiger partial charge is 0.324 e. The van der Waals surface area contributed by atoms with Crippen molar-refractivity contribution < 1.29 is 13.2 Å². The van der Waals surface area contributed by atoms with Crippen LogP contribution in [0, 0.1) is 0 Å². The lowest BCUT2D eigenvalue weighted by Gasteiger charge is -2.12. The predicted octanol–water partition coefficient (Wildman–Crippen LogP) is 1.20. The van der Waals surface area contributed by atoms with Crippen molar-refractivity contribution in [2.45, 2.75) is 19.3 Å². The second-order valence-corrected chi connectivity index (χ2v) is 3.61. The molecule has 2 N–H and O–H groups in total. The van der Waals surface area contributed by atoms with Crippen molar-refractivity contribution in [2.75, 3.05) is 0 Å². The molecule has 2 aromatic rings. The van der Waals surface area contributed by atoms with Crippen molar-refractivity contribution in [1.82, 2.24) is 20.2 Å². The lowest BCUT2D eigenvalue weighted by Crippen LogP contribution is -2.15. The summed E-state index contributed by atoms with van der Waals surface area (Å²) in [4.78, 5) is 0. The lowest BCUT2D eigenvalue weighted by atomic mass is 10.1. The molecule has 0 bridgehead atoms. The summed E-state index contributed by atoms with van der Waals surface area (Å²) in [5, 5.41) is 10.6. The average molecular weight is 257 g/mol. The average Bonchev–Trinajstić information content (AvgIpc) is 2.75. The Morgan fingerprint density at radius 1 is 1.22 bits per heavy atom. The molecule has 0 saturated heterocycles. The molecule has 0 amide bonds. The van der Waals surface area contributed by atoms with E-state index in [0.29, 0.717) is 5.82 Å². The van der Waals surface area contributed by atoms with E-state index >= 15 is 0 Å². The maximum atomic E-state index is 12.8. The highest BCUT2D eigenvalue weighted by Crippen LogP contribution is 2.32. The lowest BCUT2D eigenvalue weighted by molar-refractivity contribution is -0.138. The van der Waals surface area contributed by atoms with Crippen LogP contribution in [0.15, 0.2) is 24.3 Å². The SMILES string of the molecule is NCc1nnnn1Cc1ccccc1C(F)(F)F. The molecule has 0 aliphatic rings. The zero-order valence-electron chi connectivity index (χ0n) is 9.22. The van der Waals surface area contributed by atoms with Crippen LogP contribution in [0.1, 0.15) is 17.0 Å². The van der Waals surface area contributed by atoms with Gasteiger partial charge in [0.15, 0.2) is 5.82 Å². The summed E-state index contributed by atoms with van der Waals surface area (Å²) in [5.41, 5.74) is 4.80. The molecule has 0 unspecified atom stereocenters. The minimum absolute atomic E-state index is 0.0603. The molecule has 8 heteroatoms. The van der Waals surface area contributed by atoms with Gasteiger partial charge in [0.1, 0.15) is 0 Å². The van der Waals surface area contributed by atoms with E-state index < -0.39 is 11.7 Å². The van der Waals surface area contributed by atoms with Gasteiger partial charge in [0.05, 0.1) is 18.7 Å². The van der Waals surface area contributed by atoms with Gasteiger partial charge in [-0.2, -0.15) is 13.2 Å². The molecule has 5 nitrogen and oxygen atoms in total. The number of halogens is 3. The molecule has 0 saturated carbocycles. The van der Waals surface area contributed by atoms with Crippen molar-refractivity contribution in [1.29, 1.82) is 0 Å². The number of nitrogens with two attached hydrogens (primary N) is 1. The van der Waals surface area contributed by atoms with Crippen LogP contribution in [0.2, 0.25) is 0 Å². The summed E-state index contributed by atoms with van der Waals surface area (Å²) in [5.74, 6) is 0.340. The third kappa shape index (κ3) is 2.48. The molecule has 0 radical (unpaired) electrons. The van der Waals surface area contributed by atoms with Crippen molar-refractivity contribution in [3.05, 3.63) is 41.2 Å². The van der Waals surface area contributed by atoms with Crippen LogP contribution < -0.4 is 5.73 Å². The first kappa shape index (κ1) is 12.5. The predicted molar refractivity (Wildman–Crippen MR) is 56.3 cm³/mol. The van der Waals surface area contributed by atoms with Crippen LogP contribution in [0.4, 0.5) is 13.2 Å². The minimum Gasteiger partial charge on any atom is -0.324 e. The van der Waals surface area contributed by atoms with Gasteiger partial charge in [-0.25, -0.2) is 4.68 Å².